The third-order valence-corrected chi connectivity index (χ3v) is 2.96. The summed E-state index contributed by atoms with van der Waals surface area (Å²) in [4.78, 5) is 22.5. The lowest BCUT2D eigenvalue weighted by molar-refractivity contribution is 0.100. The Labute approximate surface area is 79.5 Å². The van der Waals surface area contributed by atoms with Crippen molar-refractivity contribution in [1.82, 2.24) is 0 Å². The minimum atomic E-state index is -0.584. The molecule has 13 heavy (non-hydrogen) atoms. The average molecular weight is 198 g/mol. The molecule has 1 aromatic rings. The van der Waals surface area contributed by atoms with E-state index < -0.39 is 5.91 Å². The van der Waals surface area contributed by atoms with Gasteiger partial charge in [0.2, 0.25) is 0 Å². The number of thiophene rings is 1. The Hall–Kier alpha value is -1.36. The molecule has 0 spiro atoms. The van der Waals surface area contributed by atoms with Gasteiger partial charge in [-0.05, 0) is 19.4 Å². The van der Waals surface area contributed by atoms with Gasteiger partial charge < -0.3 is 11.5 Å². The number of nitrogen functional groups attached to an aromatic ring is 1. The van der Waals surface area contributed by atoms with E-state index in [0.29, 0.717) is 15.4 Å². The third-order valence-electron chi connectivity index (χ3n) is 1.74. The van der Waals surface area contributed by atoms with E-state index >= 15 is 0 Å². The maximum Gasteiger partial charge on any atom is 0.251 e. The predicted octanol–water partition coefficient (Wildman–Crippen LogP) is 0.940. The van der Waals surface area contributed by atoms with Gasteiger partial charge in [-0.25, -0.2) is 0 Å². The van der Waals surface area contributed by atoms with Gasteiger partial charge in [-0.3, -0.25) is 9.59 Å². The second-order valence-electron chi connectivity index (χ2n) is 2.72. The van der Waals surface area contributed by atoms with Crippen molar-refractivity contribution >= 4 is 28.0 Å². The van der Waals surface area contributed by atoms with Crippen LogP contribution in [0.25, 0.3) is 0 Å². The first-order chi connectivity index (χ1) is 5.95. The van der Waals surface area contributed by atoms with Crippen LogP contribution in [-0.2, 0) is 0 Å². The molecule has 70 valence electrons. The zero-order valence-electron chi connectivity index (χ0n) is 7.38. The molecule has 0 aliphatic carbocycles. The van der Waals surface area contributed by atoms with E-state index in [1.165, 1.54) is 6.92 Å². The number of amides is 1. The lowest BCUT2D eigenvalue weighted by Crippen LogP contribution is -2.13. The first kappa shape index (κ1) is 9.73. The van der Waals surface area contributed by atoms with E-state index in [1.54, 1.807) is 6.92 Å². The van der Waals surface area contributed by atoms with Crippen LogP contribution in [0.1, 0.15) is 32.5 Å². The topological polar surface area (TPSA) is 86.2 Å². The lowest BCUT2D eigenvalue weighted by Gasteiger charge is -1.95. The Balaban J connectivity index is 3.39. The molecule has 0 bridgehead atoms. The summed E-state index contributed by atoms with van der Waals surface area (Å²) in [5.74, 6) is -0.680. The van der Waals surface area contributed by atoms with E-state index in [0.717, 1.165) is 11.3 Å². The molecule has 0 fully saturated rings. The van der Waals surface area contributed by atoms with Gasteiger partial charge in [0.1, 0.15) is 0 Å². The fourth-order valence-electron chi connectivity index (χ4n) is 1.18. The first-order valence-corrected chi connectivity index (χ1v) is 4.46. The van der Waals surface area contributed by atoms with Crippen molar-refractivity contribution in [1.29, 1.82) is 0 Å². The molecule has 0 atom stereocenters. The van der Waals surface area contributed by atoms with Crippen LogP contribution in [0.3, 0.4) is 0 Å². The number of Topliss-reactive ketones (excluding diaryl/α,β-unsaturated/α-hetero) is 1. The van der Waals surface area contributed by atoms with Gasteiger partial charge in [0.05, 0.1) is 15.4 Å². The number of nitrogens with two attached hydrogens (primary N) is 2. The van der Waals surface area contributed by atoms with E-state index in [1.807, 2.05) is 0 Å². The summed E-state index contributed by atoms with van der Waals surface area (Å²) in [7, 11) is 0. The van der Waals surface area contributed by atoms with Crippen LogP contribution in [0.2, 0.25) is 0 Å². The van der Waals surface area contributed by atoms with Gasteiger partial charge in [-0.15, -0.1) is 11.3 Å². The van der Waals surface area contributed by atoms with Crippen LogP contribution in [0.5, 0.6) is 0 Å². The zero-order valence-corrected chi connectivity index (χ0v) is 8.20. The summed E-state index contributed by atoms with van der Waals surface area (Å²) in [5.41, 5.74) is 11.5. The van der Waals surface area contributed by atoms with Crippen molar-refractivity contribution in [3.63, 3.8) is 0 Å². The molecule has 1 amide bonds. The van der Waals surface area contributed by atoms with Gasteiger partial charge in [-0.2, -0.15) is 0 Å². The quantitative estimate of drug-likeness (QED) is 0.693. The molecule has 1 heterocycles. The summed E-state index contributed by atoms with van der Waals surface area (Å²) in [6, 6.07) is 0. The Bertz CT molecular complexity index is 382. The minimum Gasteiger partial charge on any atom is -0.390 e. The summed E-state index contributed by atoms with van der Waals surface area (Å²) >= 11 is 1.10. The SMILES string of the molecule is CC(=O)c1sc(N)c(C(N)=O)c1C. The monoisotopic (exact) mass is 198 g/mol. The number of ketones is 1. The molecule has 4 nitrogen and oxygen atoms in total. The molecule has 4 N–H and O–H groups in total. The zero-order chi connectivity index (χ0) is 10.2. The van der Waals surface area contributed by atoms with E-state index in [4.69, 9.17) is 11.5 Å². The van der Waals surface area contributed by atoms with Crippen molar-refractivity contribution < 1.29 is 9.59 Å². The van der Waals surface area contributed by atoms with Crippen molar-refractivity contribution in [3.05, 3.63) is 16.0 Å². The maximum atomic E-state index is 11.1. The second kappa shape index (κ2) is 3.18. The predicted molar refractivity (Wildman–Crippen MR) is 52.0 cm³/mol. The second-order valence-corrected chi connectivity index (χ2v) is 3.77. The first-order valence-electron chi connectivity index (χ1n) is 3.64. The van der Waals surface area contributed by atoms with Crippen molar-refractivity contribution in [2.45, 2.75) is 13.8 Å². The fraction of sp³-hybridized carbons (Fsp3) is 0.250. The highest BCUT2D eigenvalue weighted by molar-refractivity contribution is 7.18. The van der Waals surface area contributed by atoms with Gasteiger partial charge in [0.25, 0.3) is 5.91 Å². The normalized spacial score (nSPS) is 10.0. The van der Waals surface area contributed by atoms with Crippen LogP contribution < -0.4 is 11.5 Å². The smallest absolute Gasteiger partial charge is 0.251 e. The largest absolute Gasteiger partial charge is 0.390 e. The Morgan fingerprint density at radius 2 is 1.92 bits per heavy atom. The molecule has 5 heteroatoms. The molecular weight excluding hydrogens is 188 g/mol. The Kier molecular flexibility index (Phi) is 2.38. The van der Waals surface area contributed by atoms with Gasteiger partial charge in [0, 0.05) is 0 Å². The van der Waals surface area contributed by atoms with E-state index in [2.05, 4.69) is 0 Å². The number of rotatable bonds is 2. The van der Waals surface area contributed by atoms with Crippen LogP contribution in [-0.4, -0.2) is 11.7 Å². The number of primary amides is 1. The number of anilines is 1. The molecule has 0 unspecified atom stereocenters. The molecule has 1 aromatic heterocycles. The molecule has 0 aliphatic rings. The molecule has 0 saturated carbocycles. The van der Waals surface area contributed by atoms with Gasteiger partial charge >= 0.3 is 0 Å². The summed E-state index contributed by atoms with van der Waals surface area (Å²) in [6.45, 7) is 3.10. The highest BCUT2D eigenvalue weighted by atomic mass is 32.1. The number of carbonyl (C=O) groups is 2. The maximum absolute atomic E-state index is 11.1. The summed E-state index contributed by atoms with van der Waals surface area (Å²) < 4.78 is 0. The van der Waals surface area contributed by atoms with E-state index in [9.17, 15) is 9.59 Å². The minimum absolute atomic E-state index is 0.0956. The van der Waals surface area contributed by atoms with Gasteiger partial charge in [-0.1, -0.05) is 0 Å². The molecule has 0 saturated heterocycles. The molecule has 0 aromatic carbocycles. The summed E-state index contributed by atoms with van der Waals surface area (Å²) in [6.07, 6.45) is 0. The van der Waals surface area contributed by atoms with Crippen LogP contribution in [0.15, 0.2) is 0 Å². The fourth-order valence-corrected chi connectivity index (χ4v) is 2.15. The average Bonchev–Trinajstić information content (AvgIpc) is 2.26. The number of hydrogen-bond donors (Lipinski definition) is 2. The van der Waals surface area contributed by atoms with E-state index in [-0.39, 0.29) is 11.3 Å². The summed E-state index contributed by atoms with van der Waals surface area (Å²) in [5, 5.41) is 0.315. The van der Waals surface area contributed by atoms with Crippen molar-refractivity contribution in [2.75, 3.05) is 5.73 Å². The highest BCUT2D eigenvalue weighted by Gasteiger charge is 2.18. The Morgan fingerprint density at radius 1 is 1.38 bits per heavy atom. The van der Waals surface area contributed by atoms with Crippen molar-refractivity contribution in [3.8, 4) is 0 Å². The highest BCUT2D eigenvalue weighted by Crippen LogP contribution is 2.30. The molecule has 0 radical (unpaired) electrons. The third kappa shape index (κ3) is 1.55. The molecule has 1 rings (SSSR count). The van der Waals surface area contributed by atoms with Crippen LogP contribution in [0.4, 0.5) is 5.00 Å². The molecule has 0 aliphatic heterocycles. The van der Waals surface area contributed by atoms with Crippen LogP contribution >= 0.6 is 11.3 Å². The Morgan fingerprint density at radius 3 is 2.15 bits per heavy atom. The van der Waals surface area contributed by atoms with Crippen LogP contribution in [0, 0.1) is 6.92 Å². The standard InChI is InChI=1S/C8H10N2O2S/c1-3-5(7(9)12)8(10)13-6(3)4(2)11/h10H2,1-2H3,(H2,9,12). The number of carbonyl (C=O) groups excluding carboxylic acids is 2. The number of hydrogen-bond acceptors (Lipinski definition) is 4. The van der Waals surface area contributed by atoms with Crippen molar-refractivity contribution in [2.24, 2.45) is 5.73 Å². The van der Waals surface area contributed by atoms with Gasteiger partial charge in [0.15, 0.2) is 5.78 Å². The molecular formula is C8H10N2O2S. The lowest BCUT2D eigenvalue weighted by atomic mass is 10.1.